The first kappa shape index (κ1) is 13.3. The van der Waals surface area contributed by atoms with Crippen molar-refractivity contribution in [3.8, 4) is 0 Å². The maximum Gasteiger partial charge on any atom is 0.0277 e. The number of fused-ring (bicyclic) bond motifs is 1. The number of hydrogen-bond donors (Lipinski definition) is 0. The van der Waals surface area contributed by atoms with Crippen LogP contribution in [0.4, 0.5) is 0 Å². The van der Waals surface area contributed by atoms with Crippen molar-refractivity contribution in [1.29, 1.82) is 0 Å². The molecule has 17 heavy (non-hydrogen) atoms. The highest BCUT2D eigenvalue weighted by molar-refractivity contribution is 8.00. The molecule has 94 valence electrons. The van der Waals surface area contributed by atoms with Crippen molar-refractivity contribution in [2.45, 2.75) is 49.7 Å². The SMILES string of the molecule is CCCC(C)(CCl)CC1Cc2ccccc2S1. The van der Waals surface area contributed by atoms with Gasteiger partial charge in [0.25, 0.3) is 0 Å². The van der Waals surface area contributed by atoms with Crippen LogP contribution in [-0.2, 0) is 6.42 Å². The fraction of sp³-hybridized carbons (Fsp3) is 0.600. The van der Waals surface area contributed by atoms with Crippen molar-refractivity contribution >= 4 is 23.4 Å². The quantitative estimate of drug-likeness (QED) is 0.667. The van der Waals surface area contributed by atoms with Crippen LogP contribution in [0.1, 0.15) is 38.7 Å². The Labute approximate surface area is 114 Å². The van der Waals surface area contributed by atoms with Gasteiger partial charge in [0.2, 0.25) is 0 Å². The van der Waals surface area contributed by atoms with Gasteiger partial charge in [-0.05, 0) is 36.3 Å². The maximum absolute atomic E-state index is 6.17. The average Bonchev–Trinajstić information content (AvgIpc) is 2.71. The number of thioether (sulfide) groups is 1. The van der Waals surface area contributed by atoms with Gasteiger partial charge in [-0.25, -0.2) is 0 Å². The molecule has 0 bridgehead atoms. The van der Waals surface area contributed by atoms with E-state index in [1.165, 1.54) is 36.1 Å². The highest BCUT2D eigenvalue weighted by Gasteiger charge is 2.30. The van der Waals surface area contributed by atoms with E-state index in [9.17, 15) is 0 Å². The van der Waals surface area contributed by atoms with E-state index in [1.807, 2.05) is 11.8 Å². The minimum absolute atomic E-state index is 0.315. The largest absolute Gasteiger partial charge is 0.126 e. The van der Waals surface area contributed by atoms with Crippen LogP contribution in [0.25, 0.3) is 0 Å². The summed E-state index contributed by atoms with van der Waals surface area (Å²) in [7, 11) is 0. The Balaban J connectivity index is 1.99. The molecular formula is C15H21ClS. The van der Waals surface area contributed by atoms with Crippen LogP contribution >= 0.6 is 23.4 Å². The van der Waals surface area contributed by atoms with Gasteiger partial charge in [-0.15, -0.1) is 23.4 Å². The molecule has 2 unspecified atom stereocenters. The first-order valence-electron chi connectivity index (χ1n) is 6.47. The van der Waals surface area contributed by atoms with E-state index in [0.717, 1.165) is 11.1 Å². The van der Waals surface area contributed by atoms with Crippen molar-refractivity contribution in [2.75, 3.05) is 5.88 Å². The Kier molecular flexibility index (Phi) is 4.43. The predicted octanol–water partition coefficient (Wildman–Crippen LogP) is 5.14. The van der Waals surface area contributed by atoms with E-state index in [0.29, 0.717) is 5.41 Å². The molecule has 0 aliphatic carbocycles. The van der Waals surface area contributed by atoms with E-state index >= 15 is 0 Å². The summed E-state index contributed by atoms with van der Waals surface area (Å²) in [5.41, 5.74) is 1.84. The molecule has 1 aliphatic rings. The van der Waals surface area contributed by atoms with Gasteiger partial charge in [0, 0.05) is 16.0 Å². The lowest BCUT2D eigenvalue weighted by Crippen LogP contribution is -2.23. The number of halogens is 1. The Morgan fingerprint density at radius 2 is 2.18 bits per heavy atom. The van der Waals surface area contributed by atoms with Crippen molar-refractivity contribution in [3.63, 3.8) is 0 Å². The number of hydrogen-bond acceptors (Lipinski definition) is 1. The monoisotopic (exact) mass is 268 g/mol. The summed E-state index contributed by atoms with van der Waals surface area (Å²) < 4.78 is 0. The molecule has 0 N–H and O–H groups in total. The number of rotatable bonds is 5. The first-order chi connectivity index (χ1) is 8.17. The van der Waals surface area contributed by atoms with Crippen LogP contribution < -0.4 is 0 Å². The van der Waals surface area contributed by atoms with Gasteiger partial charge in [0.15, 0.2) is 0 Å². The summed E-state index contributed by atoms with van der Waals surface area (Å²) >= 11 is 8.21. The summed E-state index contributed by atoms with van der Waals surface area (Å²) in [5.74, 6) is 0.786. The lowest BCUT2D eigenvalue weighted by molar-refractivity contribution is 0.307. The average molecular weight is 269 g/mol. The summed E-state index contributed by atoms with van der Waals surface area (Å²) in [4.78, 5) is 1.48. The van der Waals surface area contributed by atoms with E-state index in [1.54, 1.807) is 0 Å². The molecule has 0 fully saturated rings. The third-order valence-electron chi connectivity index (χ3n) is 3.61. The van der Waals surface area contributed by atoms with Crippen molar-refractivity contribution in [2.24, 2.45) is 5.41 Å². The molecule has 0 amide bonds. The van der Waals surface area contributed by atoms with Gasteiger partial charge in [-0.3, -0.25) is 0 Å². The second-order valence-corrected chi connectivity index (χ2v) is 7.06. The molecule has 2 atom stereocenters. The third kappa shape index (κ3) is 3.20. The molecule has 0 saturated heterocycles. The van der Waals surface area contributed by atoms with Gasteiger partial charge >= 0.3 is 0 Å². The standard InChI is InChI=1S/C15H21ClS/c1-3-8-15(2,11-16)10-13-9-12-6-4-5-7-14(12)17-13/h4-7,13H,3,8-11H2,1-2H3. The second-order valence-electron chi connectivity index (χ2n) is 5.45. The number of alkyl halides is 1. The summed E-state index contributed by atoms with van der Waals surface area (Å²) in [6.07, 6.45) is 4.93. The molecule has 0 radical (unpaired) electrons. The molecule has 0 spiro atoms. The molecule has 1 aromatic rings. The zero-order chi connectivity index (χ0) is 12.3. The number of benzene rings is 1. The van der Waals surface area contributed by atoms with E-state index in [-0.39, 0.29) is 0 Å². The highest BCUT2D eigenvalue weighted by Crippen LogP contribution is 2.43. The normalized spacial score (nSPS) is 22.2. The zero-order valence-corrected chi connectivity index (χ0v) is 12.3. The van der Waals surface area contributed by atoms with Crippen LogP contribution in [0.5, 0.6) is 0 Å². The molecule has 0 aromatic heterocycles. The van der Waals surface area contributed by atoms with Gasteiger partial charge in [0.05, 0.1) is 0 Å². The van der Waals surface area contributed by atoms with Crippen LogP contribution in [0, 0.1) is 5.41 Å². The summed E-state index contributed by atoms with van der Waals surface area (Å²) in [6.45, 7) is 4.59. The first-order valence-corrected chi connectivity index (χ1v) is 7.89. The Hall–Kier alpha value is -0.140. The van der Waals surface area contributed by atoms with Gasteiger partial charge in [-0.1, -0.05) is 38.5 Å². The third-order valence-corrected chi connectivity index (χ3v) is 5.57. The van der Waals surface area contributed by atoms with Crippen LogP contribution in [0.15, 0.2) is 29.2 Å². The summed E-state index contributed by atoms with van der Waals surface area (Å²) in [6, 6.07) is 8.80. The van der Waals surface area contributed by atoms with E-state index in [2.05, 4.69) is 38.1 Å². The maximum atomic E-state index is 6.17. The molecule has 0 saturated carbocycles. The molecule has 1 aromatic carbocycles. The Morgan fingerprint density at radius 3 is 2.82 bits per heavy atom. The van der Waals surface area contributed by atoms with Gasteiger partial charge in [0.1, 0.15) is 0 Å². The van der Waals surface area contributed by atoms with Crippen LogP contribution in [-0.4, -0.2) is 11.1 Å². The van der Waals surface area contributed by atoms with Crippen LogP contribution in [0.3, 0.4) is 0 Å². The topological polar surface area (TPSA) is 0 Å². The smallest absolute Gasteiger partial charge is 0.0277 e. The molecule has 1 heterocycles. The van der Waals surface area contributed by atoms with Gasteiger partial charge in [-0.2, -0.15) is 0 Å². The van der Waals surface area contributed by atoms with Crippen molar-refractivity contribution in [3.05, 3.63) is 29.8 Å². The summed E-state index contributed by atoms with van der Waals surface area (Å²) in [5, 5.41) is 0.725. The fourth-order valence-corrected chi connectivity index (χ4v) is 4.55. The van der Waals surface area contributed by atoms with E-state index < -0.39 is 0 Å². The fourth-order valence-electron chi connectivity index (χ4n) is 2.74. The molecule has 2 heteroatoms. The minimum atomic E-state index is 0.315. The zero-order valence-electron chi connectivity index (χ0n) is 10.7. The lowest BCUT2D eigenvalue weighted by Gasteiger charge is -2.29. The molecule has 0 nitrogen and oxygen atoms in total. The Morgan fingerprint density at radius 1 is 1.41 bits per heavy atom. The highest BCUT2D eigenvalue weighted by atomic mass is 35.5. The molecular weight excluding hydrogens is 248 g/mol. The Bertz CT molecular complexity index is 352. The van der Waals surface area contributed by atoms with Crippen molar-refractivity contribution < 1.29 is 0 Å². The lowest BCUT2D eigenvalue weighted by atomic mass is 9.82. The predicted molar refractivity (Wildman–Crippen MR) is 78.1 cm³/mol. The second kappa shape index (κ2) is 5.67. The molecule has 2 rings (SSSR count). The minimum Gasteiger partial charge on any atom is -0.126 e. The van der Waals surface area contributed by atoms with Crippen molar-refractivity contribution in [1.82, 2.24) is 0 Å². The van der Waals surface area contributed by atoms with Gasteiger partial charge < -0.3 is 0 Å². The van der Waals surface area contributed by atoms with Crippen LogP contribution in [0.2, 0.25) is 0 Å². The van der Waals surface area contributed by atoms with E-state index in [4.69, 9.17) is 11.6 Å². The molecule has 1 aliphatic heterocycles.